The average Bonchev–Trinajstić information content (AvgIpc) is 2.42. The van der Waals surface area contributed by atoms with Crippen molar-refractivity contribution >= 4 is 6.29 Å². The van der Waals surface area contributed by atoms with E-state index in [1.165, 1.54) is 0 Å². The second-order valence-corrected chi connectivity index (χ2v) is 3.45. The largest absolute Gasteiger partial charge is 0.382 e. The Bertz CT molecular complexity index is 331. The van der Waals surface area contributed by atoms with E-state index in [4.69, 9.17) is 4.74 Å². The van der Waals surface area contributed by atoms with Gasteiger partial charge in [0.2, 0.25) is 0 Å². The summed E-state index contributed by atoms with van der Waals surface area (Å²) < 4.78 is 6.88. The number of methoxy groups -OCH3 is 1. The van der Waals surface area contributed by atoms with Crippen molar-refractivity contribution in [3.8, 4) is 0 Å². The van der Waals surface area contributed by atoms with Crippen LogP contribution in [0, 0.1) is 13.8 Å². The van der Waals surface area contributed by atoms with Gasteiger partial charge >= 0.3 is 0 Å². The molecular formula is C10H16N2O2. The molecule has 0 amide bonds. The van der Waals surface area contributed by atoms with Crippen molar-refractivity contribution in [1.82, 2.24) is 9.78 Å². The lowest BCUT2D eigenvalue weighted by molar-refractivity contribution is 0.112. The third-order valence-corrected chi connectivity index (χ3v) is 2.32. The van der Waals surface area contributed by atoms with Crippen LogP contribution in [0.25, 0.3) is 0 Å². The second kappa shape index (κ2) is 4.37. The predicted molar refractivity (Wildman–Crippen MR) is 53.7 cm³/mol. The van der Waals surface area contributed by atoms with Gasteiger partial charge < -0.3 is 4.74 Å². The van der Waals surface area contributed by atoms with E-state index in [0.29, 0.717) is 12.2 Å². The van der Waals surface area contributed by atoms with Gasteiger partial charge in [-0.15, -0.1) is 0 Å². The van der Waals surface area contributed by atoms with Crippen LogP contribution in [0.1, 0.15) is 34.7 Å². The molecule has 1 aromatic rings. The van der Waals surface area contributed by atoms with E-state index in [-0.39, 0.29) is 6.04 Å². The lowest BCUT2D eigenvalue weighted by atomic mass is 10.2. The fourth-order valence-corrected chi connectivity index (χ4v) is 1.59. The third-order valence-electron chi connectivity index (χ3n) is 2.32. The molecule has 0 bridgehead atoms. The van der Waals surface area contributed by atoms with Crippen LogP contribution >= 0.6 is 0 Å². The Morgan fingerprint density at radius 2 is 2.21 bits per heavy atom. The van der Waals surface area contributed by atoms with Crippen molar-refractivity contribution < 1.29 is 9.53 Å². The minimum absolute atomic E-state index is 0.160. The van der Waals surface area contributed by atoms with Gasteiger partial charge in [-0.05, 0) is 20.8 Å². The van der Waals surface area contributed by atoms with E-state index >= 15 is 0 Å². The smallest absolute Gasteiger partial charge is 0.153 e. The lowest BCUT2D eigenvalue weighted by Gasteiger charge is -2.12. The van der Waals surface area contributed by atoms with Gasteiger partial charge in [0, 0.05) is 12.8 Å². The zero-order chi connectivity index (χ0) is 10.7. The number of aromatic nitrogens is 2. The molecule has 14 heavy (non-hydrogen) atoms. The van der Waals surface area contributed by atoms with Gasteiger partial charge in [0.05, 0.1) is 23.9 Å². The molecule has 1 aromatic heterocycles. The highest BCUT2D eigenvalue weighted by Crippen LogP contribution is 2.15. The molecule has 1 heterocycles. The summed E-state index contributed by atoms with van der Waals surface area (Å²) in [6.45, 7) is 6.35. The van der Waals surface area contributed by atoms with Gasteiger partial charge in [-0.1, -0.05) is 0 Å². The number of nitrogens with zero attached hydrogens (tertiary/aromatic N) is 2. The maximum Gasteiger partial charge on any atom is 0.153 e. The van der Waals surface area contributed by atoms with Gasteiger partial charge in [0.15, 0.2) is 6.29 Å². The summed E-state index contributed by atoms with van der Waals surface area (Å²) in [6, 6.07) is 0.160. The first-order chi connectivity index (χ1) is 6.61. The standard InChI is InChI=1S/C10H16N2O2/c1-7(6-14-4)12-9(3)10(5-13)8(2)11-12/h5,7H,6H2,1-4H3. The molecule has 0 aliphatic heterocycles. The Hall–Kier alpha value is -1.16. The van der Waals surface area contributed by atoms with E-state index in [1.807, 2.05) is 25.5 Å². The molecule has 4 nitrogen and oxygen atoms in total. The van der Waals surface area contributed by atoms with Gasteiger partial charge in [0.25, 0.3) is 0 Å². The minimum Gasteiger partial charge on any atom is -0.382 e. The highest BCUT2D eigenvalue weighted by Gasteiger charge is 2.14. The zero-order valence-electron chi connectivity index (χ0n) is 9.07. The fourth-order valence-electron chi connectivity index (χ4n) is 1.59. The van der Waals surface area contributed by atoms with Crippen LogP contribution < -0.4 is 0 Å². The molecule has 0 aromatic carbocycles. The number of carbonyl (C=O) groups excluding carboxylic acids is 1. The number of hydrogen-bond acceptors (Lipinski definition) is 3. The average molecular weight is 196 g/mol. The van der Waals surface area contributed by atoms with E-state index in [0.717, 1.165) is 17.7 Å². The van der Waals surface area contributed by atoms with Crippen molar-refractivity contribution in [3.63, 3.8) is 0 Å². The number of carbonyl (C=O) groups is 1. The number of hydrogen-bond donors (Lipinski definition) is 0. The Morgan fingerprint density at radius 3 is 2.64 bits per heavy atom. The van der Waals surface area contributed by atoms with Crippen LogP contribution in [0.15, 0.2) is 0 Å². The summed E-state index contributed by atoms with van der Waals surface area (Å²) in [5.74, 6) is 0. The van der Waals surface area contributed by atoms with Crippen LogP contribution in [0.3, 0.4) is 0 Å². The maximum atomic E-state index is 10.8. The minimum atomic E-state index is 0.160. The zero-order valence-corrected chi connectivity index (χ0v) is 9.07. The monoisotopic (exact) mass is 196 g/mol. The SMILES string of the molecule is COCC(C)n1nc(C)c(C=O)c1C. The van der Waals surface area contributed by atoms with Crippen LogP contribution in [-0.2, 0) is 4.74 Å². The molecule has 4 heteroatoms. The number of rotatable bonds is 4. The Balaban J connectivity index is 3.04. The summed E-state index contributed by atoms with van der Waals surface area (Å²) in [7, 11) is 1.66. The topological polar surface area (TPSA) is 44.1 Å². The maximum absolute atomic E-state index is 10.8. The van der Waals surface area contributed by atoms with Crippen molar-refractivity contribution in [1.29, 1.82) is 0 Å². The van der Waals surface area contributed by atoms with Gasteiger partial charge in [-0.3, -0.25) is 9.48 Å². The van der Waals surface area contributed by atoms with Crippen molar-refractivity contribution in [2.24, 2.45) is 0 Å². The van der Waals surface area contributed by atoms with Crippen molar-refractivity contribution in [2.45, 2.75) is 26.8 Å². The molecule has 0 aliphatic rings. The van der Waals surface area contributed by atoms with E-state index in [9.17, 15) is 4.79 Å². The molecule has 78 valence electrons. The molecule has 1 unspecified atom stereocenters. The molecule has 0 fully saturated rings. The van der Waals surface area contributed by atoms with E-state index < -0.39 is 0 Å². The quantitative estimate of drug-likeness (QED) is 0.686. The van der Waals surface area contributed by atoms with Crippen LogP contribution in [-0.4, -0.2) is 29.8 Å². The van der Waals surface area contributed by atoms with Crippen molar-refractivity contribution in [2.75, 3.05) is 13.7 Å². The van der Waals surface area contributed by atoms with Crippen LogP contribution in [0.2, 0.25) is 0 Å². The molecule has 0 saturated heterocycles. The summed E-state index contributed by atoms with van der Waals surface area (Å²) in [4.78, 5) is 10.8. The number of aldehydes is 1. The van der Waals surface area contributed by atoms with Gasteiger partial charge in [0.1, 0.15) is 0 Å². The summed E-state index contributed by atoms with van der Waals surface area (Å²) in [5, 5.41) is 4.30. The van der Waals surface area contributed by atoms with Crippen LogP contribution in [0.5, 0.6) is 0 Å². The Labute approximate surface area is 83.9 Å². The highest BCUT2D eigenvalue weighted by molar-refractivity contribution is 5.78. The fraction of sp³-hybridized carbons (Fsp3) is 0.600. The number of aryl methyl sites for hydroxylation is 1. The Morgan fingerprint density at radius 1 is 1.57 bits per heavy atom. The molecule has 1 rings (SSSR count). The van der Waals surface area contributed by atoms with E-state index in [1.54, 1.807) is 7.11 Å². The normalized spacial score (nSPS) is 12.9. The molecular weight excluding hydrogens is 180 g/mol. The highest BCUT2D eigenvalue weighted by atomic mass is 16.5. The number of ether oxygens (including phenoxy) is 1. The molecule has 0 radical (unpaired) electrons. The molecule has 0 N–H and O–H groups in total. The lowest BCUT2D eigenvalue weighted by Crippen LogP contribution is -2.14. The predicted octanol–water partition coefficient (Wildman–Crippen LogP) is 1.52. The first-order valence-electron chi connectivity index (χ1n) is 4.61. The molecule has 0 spiro atoms. The summed E-state index contributed by atoms with van der Waals surface area (Å²) in [6.07, 6.45) is 0.855. The van der Waals surface area contributed by atoms with Gasteiger partial charge in [-0.25, -0.2) is 0 Å². The van der Waals surface area contributed by atoms with E-state index in [2.05, 4.69) is 5.10 Å². The van der Waals surface area contributed by atoms with Crippen molar-refractivity contribution in [3.05, 3.63) is 17.0 Å². The Kier molecular flexibility index (Phi) is 3.41. The first kappa shape index (κ1) is 10.9. The van der Waals surface area contributed by atoms with Crippen LogP contribution in [0.4, 0.5) is 0 Å². The van der Waals surface area contributed by atoms with Gasteiger partial charge in [-0.2, -0.15) is 5.10 Å². The second-order valence-electron chi connectivity index (χ2n) is 3.45. The molecule has 0 aliphatic carbocycles. The molecule has 1 atom stereocenters. The summed E-state index contributed by atoms with van der Waals surface area (Å²) in [5.41, 5.74) is 2.37. The summed E-state index contributed by atoms with van der Waals surface area (Å²) >= 11 is 0. The molecule has 0 saturated carbocycles. The first-order valence-corrected chi connectivity index (χ1v) is 4.61. The third kappa shape index (κ3) is 1.85.